The minimum absolute atomic E-state index is 0.0202. The van der Waals surface area contributed by atoms with Gasteiger partial charge in [0.05, 0.1) is 44.1 Å². The molecule has 0 unspecified atom stereocenters. The zero-order valence-corrected chi connectivity index (χ0v) is 23.2. The second kappa shape index (κ2) is 13.0. The van der Waals surface area contributed by atoms with Crippen molar-refractivity contribution in [1.82, 2.24) is 10.2 Å². The maximum atomic E-state index is 15.1. The monoisotopic (exact) mass is 556 g/mol. The average molecular weight is 557 g/mol. The van der Waals surface area contributed by atoms with E-state index in [-0.39, 0.29) is 19.0 Å². The molecule has 1 atom stereocenters. The van der Waals surface area contributed by atoms with Gasteiger partial charge in [-0.15, -0.1) is 0 Å². The van der Waals surface area contributed by atoms with Crippen molar-refractivity contribution in [2.45, 2.75) is 45.5 Å². The van der Waals surface area contributed by atoms with E-state index in [1.165, 1.54) is 11.0 Å². The van der Waals surface area contributed by atoms with E-state index in [2.05, 4.69) is 5.32 Å². The van der Waals surface area contributed by atoms with Gasteiger partial charge in [0.25, 0.3) is 0 Å². The first-order chi connectivity index (χ1) is 19.1. The van der Waals surface area contributed by atoms with E-state index >= 15 is 4.39 Å². The molecule has 2 aliphatic heterocycles. The number of hydrogen-bond acceptors (Lipinski definition) is 7. The molecule has 2 aliphatic rings. The second-order valence-corrected chi connectivity index (χ2v) is 10.8. The molecule has 0 aromatic heterocycles. The van der Waals surface area contributed by atoms with Gasteiger partial charge in [-0.3, -0.25) is 9.69 Å². The largest absolute Gasteiger partial charge is 0.444 e. The van der Waals surface area contributed by atoms with Crippen molar-refractivity contribution in [3.8, 4) is 0 Å². The fourth-order valence-corrected chi connectivity index (χ4v) is 4.55. The van der Waals surface area contributed by atoms with E-state index in [9.17, 15) is 14.4 Å². The zero-order chi connectivity index (χ0) is 28.7. The lowest BCUT2D eigenvalue weighted by molar-refractivity contribution is -0.132. The Labute approximate surface area is 234 Å². The van der Waals surface area contributed by atoms with Gasteiger partial charge in [0.2, 0.25) is 5.91 Å². The van der Waals surface area contributed by atoms with E-state index in [1.54, 1.807) is 37.8 Å². The molecule has 10 nitrogen and oxygen atoms in total. The number of anilines is 2. The summed E-state index contributed by atoms with van der Waals surface area (Å²) in [6, 6.07) is 14.4. The predicted molar refractivity (Wildman–Crippen MR) is 148 cm³/mol. The highest BCUT2D eigenvalue weighted by molar-refractivity contribution is 5.90. The minimum atomic E-state index is -0.637. The van der Waals surface area contributed by atoms with Crippen LogP contribution in [-0.4, -0.2) is 80.6 Å². The number of carbonyl (C=O) groups excluding carboxylic acids is 3. The van der Waals surface area contributed by atoms with Gasteiger partial charge in [-0.25, -0.2) is 14.0 Å². The maximum absolute atomic E-state index is 15.1. The number of rotatable bonds is 9. The molecule has 2 heterocycles. The predicted octanol–water partition coefficient (Wildman–Crippen LogP) is 3.93. The van der Waals surface area contributed by atoms with Gasteiger partial charge in [0.15, 0.2) is 0 Å². The number of nitrogens with one attached hydrogen (secondary N) is 1. The van der Waals surface area contributed by atoms with Gasteiger partial charge in [-0.1, -0.05) is 30.3 Å². The summed E-state index contributed by atoms with van der Waals surface area (Å²) in [5, 5.41) is 2.59. The van der Waals surface area contributed by atoms with Gasteiger partial charge in [-0.2, -0.15) is 0 Å². The topological polar surface area (TPSA) is 101 Å². The van der Waals surface area contributed by atoms with Gasteiger partial charge in [-0.05, 0) is 44.5 Å². The number of halogens is 1. The summed E-state index contributed by atoms with van der Waals surface area (Å²) in [5.41, 5.74) is 1.21. The number of benzene rings is 2. The molecule has 2 fully saturated rings. The van der Waals surface area contributed by atoms with Crippen molar-refractivity contribution >= 4 is 29.5 Å². The molecule has 4 rings (SSSR count). The number of piperazine rings is 1. The smallest absolute Gasteiger partial charge is 0.414 e. The highest BCUT2D eigenvalue weighted by Gasteiger charge is 2.33. The van der Waals surface area contributed by atoms with Crippen molar-refractivity contribution in [1.29, 1.82) is 0 Å². The number of nitrogens with zero attached hydrogens (tertiary/aromatic N) is 3. The Hall–Kier alpha value is -3.86. The molecular weight excluding hydrogens is 519 g/mol. The zero-order valence-electron chi connectivity index (χ0n) is 23.2. The normalized spacial score (nSPS) is 17.6. The highest BCUT2D eigenvalue weighted by atomic mass is 19.1. The third-order valence-corrected chi connectivity index (χ3v) is 6.53. The number of carbonyl (C=O) groups is 3. The molecule has 11 heteroatoms. The second-order valence-electron chi connectivity index (χ2n) is 10.8. The first-order valence-electron chi connectivity index (χ1n) is 13.5. The third kappa shape index (κ3) is 8.08. The van der Waals surface area contributed by atoms with E-state index in [0.717, 1.165) is 5.56 Å². The van der Waals surface area contributed by atoms with Crippen LogP contribution >= 0.6 is 0 Å². The summed E-state index contributed by atoms with van der Waals surface area (Å²) in [4.78, 5) is 41.9. The quantitative estimate of drug-likeness (QED) is 0.467. The molecule has 216 valence electrons. The van der Waals surface area contributed by atoms with Gasteiger partial charge in [0.1, 0.15) is 17.5 Å². The lowest BCUT2D eigenvalue weighted by atomic mass is 10.2. The highest BCUT2D eigenvalue weighted by Crippen LogP contribution is 2.28. The Bertz CT molecular complexity index is 1180. The third-order valence-electron chi connectivity index (χ3n) is 6.53. The number of amides is 3. The van der Waals surface area contributed by atoms with Crippen LogP contribution in [0.2, 0.25) is 0 Å². The first-order valence-corrected chi connectivity index (χ1v) is 13.5. The molecule has 0 radical (unpaired) electrons. The Balaban J connectivity index is 1.22. The fraction of sp³-hybridized carbons (Fsp3) is 0.483. The summed E-state index contributed by atoms with van der Waals surface area (Å²) in [5.74, 6) is -0.443. The number of hydrogen-bond donors (Lipinski definition) is 1. The van der Waals surface area contributed by atoms with E-state index in [0.29, 0.717) is 57.2 Å². The van der Waals surface area contributed by atoms with Crippen LogP contribution in [0.3, 0.4) is 0 Å². The van der Waals surface area contributed by atoms with Crippen molar-refractivity contribution in [2.75, 3.05) is 55.7 Å². The first kappa shape index (κ1) is 29.1. The van der Waals surface area contributed by atoms with Crippen LogP contribution in [0.25, 0.3) is 0 Å². The van der Waals surface area contributed by atoms with Gasteiger partial charge < -0.3 is 29.3 Å². The summed E-state index contributed by atoms with van der Waals surface area (Å²) in [7, 11) is 0. The molecule has 2 aromatic carbocycles. The van der Waals surface area contributed by atoms with Crippen molar-refractivity contribution < 1.29 is 33.0 Å². The molecule has 2 aromatic rings. The summed E-state index contributed by atoms with van der Waals surface area (Å²) in [6.45, 7) is 8.31. The van der Waals surface area contributed by atoms with E-state index < -0.39 is 29.7 Å². The molecule has 1 N–H and O–H groups in total. The fourth-order valence-electron chi connectivity index (χ4n) is 4.55. The number of cyclic esters (lactones) is 1. The van der Waals surface area contributed by atoms with Crippen LogP contribution in [0.15, 0.2) is 48.5 Å². The Morgan fingerprint density at radius 1 is 1.07 bits per heavy atom. The minimum Gasteiger partial charge on any atom is -0.444 e. The number of alkyl carbamates (subject to hydrolysis) is 1. The van der Waals surface area contributed by atoms with Crippen LogP contribution in [-0.2, 0) is 25.6 Å². The number of ether oxygens (including phenoxy) is 3. The maximum Gasteiger partial charge on any atom is 0.414 e. The molecule has 3 amide bonds. The Kier molecular flexibility index (Phi) is 9.46. The molecule has 0 aliphatic carbocycles. The van der Waals surface area contributed by atoms with Crippen LogP contribution < -0.4 is 15.1 Å². The van der Waals surface area contributed by atoms with Crippen molar-refractivity contribution in [2.24, 2.45) is 0 Å². The lowest BCUT2D eigenvalue weighted by Crippen LogP contribution is -2.49. The summed E-state index contributed by atoms with van der Waals surface area (Å²) < 4.78 is 31.3. The van der Waals surface area contributed by atoms with Gasteiger partial charge >= 0.3 is 12.2 Å². The molecule has 0 bridgehead atoms. The van der Waals surface area contributed by atoms with Crippen LogP contribution in [0.4, 0.5) is 25.4 Å². The Morgan fingerprint density at radius 2 is 1.80 bits per heavy atom. The van der Waals surface area contributed by atoms with E-state index in [1.807, 2.05) is 35.2 Å². The average Bonchev–Trinajstić information content (AvgIpc) is 3.30. The van der Waals surface area contributed by atoms with Crippen LogP contribution in [0.1, 0.15) is 32.8 Å². The lowest BCUT2D eigenvalue weighted by Gasteiger charge is -2.36. The molecule has 40 heavy (non-hydrogen) atoms. The summed E-state index contributed by atoms with van der Waals surface area (Å²) in [6.07, 6.45) is -1.49. The Morgan fingerprint density at radius 3 is 2.48 bits per heavy atom. The molecule has 0 spiro atoms. The molecule has 2 saturated heterocycles. The van der Waals surface area contributed by atoms with E-state index in [4.69, 9.17) is 14.2 Å². The standard InChI is InChI=1S/C29H37FN4O6/c1-29(2,3)40-27(36)31-18-23-19-34(28(37)39-23)22-9-10-25(24(30)17-22)32-12-14-33(15-13-32)26(35)11-16-38-20-21-7-5-4-6-8-21/h4-10,17,23H,11-16,18-20H2,1-3H3,(H,31,36)/t23-/m0/s1. The van der Waals surface area contributed by atoms with Crippen LogP contribution in [0, 0.1) is 5.82 Å². The molecule has 0 saturated carbocycles. The van der Waals surface area contributed by atoms with Crippen LogP contribution in [0.5, 0.6) is 0 Å². The van der Waals surface area contributed by atoms with Crippen molar-refractivity contribution in [3.05, 3.63) is 59.9 Å². The van der Waals surface area contributed by atoms with Gasteiger partial charge in [0, 0.05) is 26.2 Å². The summed E-state index contributed by atoms with van der Waals surface area (Å²) >= 11 is 0. The molecular formula is C29H37FN4O6. The SMILES string of the molecule is CC(C)(C)OC(=O)NC[C@H]1CN(c2ccc(N3CCN(C(=O)CCOCc4ccccc4)CC3)c(F)c2)C(=O)O1. The van der Waals surface area contributed by atoms with Crippen molar-refractivity contribution in [3.63, 3.8) is 0 Å².